The normalized spacial score (nSPS) is 12.8. The summed E-state index contributed by atoms with van der Waals surface area (Å²) >= 11 is 5.06. The van der Waals surface area contributed by atoms with Gasteiger partial charge in [0.15, 0.2) is 0 Å². The van der Waals surface area contributed by atoms with Crippen molar-refractivity contribution in [2.45, 2.75) is 20.0 Å². The quantitative estimate of drug-likeness (QED) is 0.919. The minimum Gasteiger partial charge on any atom is -0.383 e. The van der Waals surface area contributed by atoms with E-state index in [-0.39, 0.29) is 0 Å². The van der Waals surface area contributed by atoms with Crippen LogP contribution >= 0.6 is 27.3 Å². The lowest BCUT2D eigenvalue weighted by Crippen LogP contribution is -2.00. The van der Waals surface area contributed by atoms with Gasteiger partial charge in [0.2, 0.25) is 0 Å². The summed E-state index contributed by atoms with van der Waals surface area (Å²) in [6.45, 7) is 4.01. The molecule has 0 amide bonds. The van der Waals surface area contributed by atoms with Crippen molar-refractivity contribution in [2.75, 3.05) is 0 Å². The molecule has 0 radical (unpaired) electrons. The highest BCUT2D eigenvalue weighted by atomic mass is 79.9. The summed E-state index contributed by atoms with van der Waals surface area (Å²) in [5, 5.41) is 10.3. The van der Waals surface area contributed by atoms with Crippen LogP contribution in [0.25, 0.3) is 0 Å². The number of thiophene rings is 1. The number of aryl methyl sites for hydroxylation is 2. The molecule has 0 aliphatic rings. The molecular weight excluding hydrogens is 286 g/mol. The van der Waals surface area contributed by atoms with E-state index in [1.165, 1.54) is 4.88 Å². The first-order chi connectivity index (χ1) is 7.59. The Labute approximate surface area is 107 Å². The maximum absolute atomic E-state index is 10.3. The van der Waals surface area contributed by atoms with Gasteiger partial charge in [0.25, 0.3) is 0 Å². The van der Waals surface area contributed by atoms with Gasteiger partial charge in [0, 0.05) is 32.2 Å². The lowest BCUT2D eigenvalue weighted by Gasteiger charge is -2.10. The molecule has 0 saturated heterocycles. The Kier molecular flexibility index (Phi) is 3.42. The van der Waals surface area contributed by atoms with E-state index >= 15 is 0 Å². The minimum absolute atomic E-state index is 0.580. The molecule has 0 aliphatic carbocycles. The molecule has 0 aromatic carbocycles. The van der Waals surface area contributed by atoms with Crippen molar-refractivity contribution in [1.29, 1.82) is 0 Å². The van der Waals surface area contributed by atoms with Gasteiger partial charge >= 0.3 is 0 Å². The molecule has 16 heavy (non-hydrogen) atoms. The van der Waals surface area contributed by atoms with Crippen LogP contribution in [0.2, 0.25) is 0 Å². The molecule has 2 nitrogen and oxygen atoms in total. The standard InChI is InChI=1S/C12H12BrNOS/c1-7-3-4-14-6-9(7)12(15)11-5-10(13)8(2)16-11/h3-6,12,15H,1-2H3. The molecule has 84 valence electrons. The topological polar surface area (TPSA) is 33.1 Å². The first-order valence-corrected chi connectivity index (χ1v) is 6.55. The zero-order valence-corrected chi connectivity index (χ0v) is 11.5. The molecule has 2 heterocycles. The summed E-state index contributed by atoms with van der Waals surface area (Å²) in [5.41, 5.74) is 1.93. The number of halogens is 1. The van der Waals surface area contributed by atoms with Crippen LogP contribution in [0.3, 0.4) is 0 Å². The largest absolute Gasteiger partial charge is 0.383 e. The van der Waals surface area contributed by atoms with Gasteiger partial charge in [-0.3, -0.25) is 4.98 Å². The lowest BCUT2D eigenvalue weighted by atomic mass is 10.1. The Morgan fingerprint density at radius 1 is 1.44 bits per heavy atom. The zero-order valence-electron chi connectivity index (χ0n) is 9.07. The second-order valence-electron chi connectivity index (χ2n) is 3.69. The van der Waals surface area contributed by atoms with Crippen LogP contribution < -0.4 is 0 Å². The van der Waals surface area contributed by atoms with E-state index in [2.05, 4.69) is 20.9 Å². The van der Waals surface area contributed by atoms with Crippen molar-refractivity contribution in [3.05, 3.63) is 49.9 Å². The van der Waals surface area contributed by atoms with Crippen molar-refractivity contribution in [2.24, 2.45) is 0 Å². The fourth-order valence-corrected chi connectivity index (χ4v) is 3.10. The number of rotatable bonds is 2. The van der Waals surface area contributed by atoms with Crippen LogP contribution in [0.1, 0.15) is 27.0 Å². The van der Waals surface area contributed by atoms with Crippen LogP contribution in [0.4, 0.5) is 0 Å². The minimum atomic E-state index is -0.580. The Morgan fingerprint density at radius 3 is 2.75 bits per heavy atom. The molecule has 0 fully saturated rings. The SMILES string of the molecule is Cc1ccncc1C(O)c1cc(Br)c(C)s1. The summed E-state index contributed by atoms with van der Waals surface area (Å²) in [6.07, 6.45) is 2.88. The van der Waals surface area contributed by atoms with Gasteiger partial charge < -0.3 is 5.11 Å². The molecule has 4 heteroatoms. The van der Waals surface area contributed by atoms with Crippen LogP contribution in [0.5, 0.6) is 0 Å². The van der Waals surface area contributed by atoms with E-state index in [4.69, 9.17) is 0 Å². The molecule has 2 aromatic rings. The van der Waals surface area contributed by atoms with Crippen LogP contribution in [-0.2, 0) is 0 Å². The first-order valence-electron chi connectivity index (χ1n) is 4.94. The van der Waals surface area contributed by atoms with Gasteiger partial charge in [-0.05, 0) is 47.5 Å². The summed E-state index contributed by atoms with van der Waals surface area (Å²) in [7, 11) is 0. The van der Waals surface area contributed by atoms with Crippen molar-refractivity contribution < 1.29 is 5.11 Å². The predicted octanol–water partition coefficient (Wildman–Crippen LogP) is 3.60. The van der Waals surface area contributed by atoms with Crippen molar-refractivity contribution in [3.8, 4) is 0 Å². The van der Waals surface area contributed by atoms with Crippen molar-refractivity contribution >= 4 is 27.3 Å². The van der Waals surface area contributed by atoms with Gasteiger partial charge in [-0.15, -0.1) is 11.3 Å². The van der Waals surface area contributed by atoms with Crippen LogP contribution in [0, 0.1) is 13.8 Å². The Hall–Kier alpha value is -0.710. The zero-order chi connectivity index (χ0) is 11.7. The Morgan fingerprint density at radius 2 is 2.19 bits per heavy atom. The molecule has 1 atom stereocenters. The third kappa shape index (κ3) is 2.19. The monoisotopic (exact) mass is 297 g/mol. The number of hydrogen-bond acceptors (Lipinski definition) is 3. The van der Waals surface area contributed by atoms with E-state index in [0.717, 1.165) is 20.5 Å². The molecule has 2 rings (SSSR count). The molecule has 0 saturated carbocycles. The summed E-state index contributed by atoms with van der Waals surface area (Å²) in [5.74, 6) is 0. The summed E-state index contributed by atoms with van der Waals surface area (Å²) < 4.78 is 1.05. The fraction of sp³-hybridized carbons (Fsp3) is 0.250. The van der Waals surface area contributed by atoms with Gasteiger partial charge in [-0.25, -0.2) is 0 Å². The number of aliphatic hydroxyl groups is 1. The number of nitrogens with zero attached hydrogens (tertiary/aromatic N) is 1. The smallest absolute Gasteiger partial charge is 0.115 e. The Bertz CT molecular complexity index is 490. The van der Waals surface area contributed by atoms with Crippen molar-refractivity contribution in [1.82, 2.24) is 4.98 Å². The van der Waals surface area contributed by atoms with Crippen molar-refractivity contribution in [3.63, 3.8) is 0 Å². The van der Waals surface area contributed by atoms with Gasteiger partial charge in [0.1, 0.15) is 6.10 Å². The summed E-state index contributed by atoms with van der Waals surface area (Å²) in [6, 6.07) is 3.88. The second-order valence-corrected chi connectivity index (χ2v) is 5.83. The third-order valence-electron chi connectivity index (χ3n) is 2.52. The Balaban J connectivity index is 2.39. The average Bonchev–Trinajstić information content (AvgIpc) is 2.59. The van der Waals surface area contributed by atoms with Gasteiger partial charge in [-0.1, -0.05) is 0 Å². The first kappa shape index (κ1) is 11.8. The molecule has 0 bridgehead atoms. The van der Waals surface area contributed by atoms with E-state index in [1.807, 2.05) is 26.0 Å². The number of hydrogen-bond donors (Lipinski definition) is 1. The van der Waals surface area contributed by atoms with E-state index in [1.54, 1.807) is 23.7 Å². The maximum Gasteiger partial charge on any atom is 0.115 e. The molecule has 0 spiro atoms. The summed E-state index contributed by atoms with van der Waals surface area (Å²) in [4.78, 5) is 6.18. The highest BCUT2D eigenvalue weighted by molar-refractivity contribution is 9.10. The van der Waals surface area contributed by atoms with Gasteiger partial charge in [0.05, 0.1) is 0 Å². The van der Waals surface area contributed by atoms with E-state index in [9.17, 15) is 5.11 Å². The number of aromatic nitrogens is 1. The van der Waals surface area contributed by atoms with E-state index in [0.29, 0.717) is 0 Å². The molecule has 1 N–H and O–H groups in total. The lowest BCUT2D eigenvalue weighted by molar-refractivity contribution is 0.223. The third-order valence-corrected chi connectivity index (χ3v) is 4.71. The van der Waals surface area contributed by atoms with E-state index < -0.39 is 6.10 Å². The second kappa shape index (κ2) is 4.65. The maximum atomic E-state index is 10.3. The molecule has 2 aromatic heterocycles. The predicted molar refractivity (Wildman–Crippen MR) is 69.8 cm³/mol. The van der Waals surface area contributed by atoms with Crippen LogP contribution in [-0.4, -0.2) is 10.1 Å². The van der Waals surface area contributed by atoms with Crippen LogP contribution in [0.15, 0.2) is 29.0 Å². The fourth-order valence-electron chi connectivity index (χ4n) is 1.53. The highest BCUT2D eigenvalue weighted by Gasteiger charge is 2.16. The molecular formula is C12H12BrNOS. The average molecular weight is 298 g/mol. The number of aliphatic hydroxyl groups excluding tert-OH is 1. The number of pyridine rings is 1. The highest BCUT2D eigenvalue weighted by Crippen LogP contribution is 2.34. The molecule has 1 unspecified atom stereocenters. The molecule has 0 aliphatic heterocycles. The van der Waals surface area contributed by atoms with Gasteiger partial charge in [-0.2, -0.15) is 0 Å².